The van der Waals surface area contributed by atoms with Crippen LogP contribution in [0.15, 0.2) is 30.3 Å². The maximum atomic E-state index is 5.96. The number of hydrogen-bond donors (Lipinski definition) is 0. The standard InChI is InChI=1S/C20H27ClO2/c1-4-18-19-9-8-17(23-14-15(2)3)13-16(19)7-10-20(18)22-12-6-5-11-21/h7-10,13,15H,4-6,11-12,14H2,1-3H3. The lowest BCUT2D eigenvalue weighted by molar-refractivity contribution is 0.271. The highest BCUT2D eigenvalue weighted by atomic mass is 35.5. The zero-order valence-electron chi connectivity index (χ0n) is 14.4. The van der Waals surface area contributed by atoms with E-state index in [4.69, 9.17) is 21.1 Å². The number of unbranched alkanes of at least 4 members (excludes halogenated alkanes) is 1. The number of hydrogen-bond acceptors (Lipinski definition) is 2. The number of halogens is 1. The van der Waals surface area contributed by atoms with Crippen LogP contribution in [0.1, 0.15) is 39.2 Å². The molecule has 0 amide bonds. The van der Waals surface area contributed by atoms with E-state index in [-0.39, 0.29) is 0 Å². The van der Waals surface area contributed by atoms with Gasteiger partial charge in [0.2, 0.25) is 0 Å². The predicted molar refractivity (Wildman–Crippen MR) is 99.1 cm³/mol. The van der Waals surface area contributed by atoms with Crippen molar-refractivity contribution in [2.45, 2.75) is 40.0 Å². The molecule has 0 aliphatic carbocycles. The molecule has 0 N–H and O–H groups in total. The normalized spacial score (nSPS) is 11.2. The van der Waals surface area contributed by atoms with Crippen molar-refractivity contribution >= 4 is 22.4 Å². The van der Waals surface area contributed by atoms with Crippen molar-refractivity contribution in [1.29, 1.82) is 0 Å². The van der Waals surface area contributed by atoms with Crippen LogP contribution in [0.3, 0.4) is 0 Å². The quantitative estimate of drug-likeness (QED) is 0.424. The van der Waals surface area contributed by atoms with Crippen molar-refractivity contribution in [2.24, 2.45) is 5.92 Å². The lowest BCUT2D eigenvalue weighted by atomic mass is 10.0. The molecule has 2 nitrogen and oxygen atoms in total. The van der Waals surface area contributed by atoms with E-state index in [0.717, 1.165) is 44.0 Å². The molecular formula is C20H27ClO2. The molecule has 0 radical (unpaired) electrons. The Morgan fingerprint density at radius 1 is 1.04 bits per heavy atom. The molecule has 0 bridgehead atoms. The van der Waals surface area contributed by atoms with Gasteiger partial charge in [0, 0.05) is 11.4 Å². The fraction of sp³-hybridized carbons (Fsp3) is 0.500. The van der Waals surface area contributed by atoms with Gasteiger partial charge in [0.15, 0.2) is 0 Å². The molecule has 2 aromatic rings. The molecule has 2 rings (SSSR count). The summed E-state index contributed by atoms with van der Waals surface area (Å²) in [6, 6.07) is 10.5. The van der Waals surface area contributed by atoms with Crippen LogP contribution in [0.25, 0.3) is 10.8 Å². The van der Waals surface area contributed by atoms with Crippen molar-refractivity contribution in [3.63, 3.8) is 0 Å². The topological polar surface area (TPSA) is 18.5 Å². The third kappa shape index (κ3) is 5.04. The lowest BCUT2D eigenvalue weighted by Gasteiger charge is -2.14. The summed E-state index contributed by atoms with van der Waals surface area (Å²) in [5.41, 5.74) is 1.27. The van der Waals surface area contributed by atoms with Crippen molar-refractivity contribution in [3.8, 4) is 11.5 Å². The largest absolute Gasteiger partial charge is 0.493 e. The maximum Gasteiger partial charge on any atom is 0.123 e. The molecule has 2 aromatic carbocycles. The number of ether oxygens (including phenoxy) is 2. The Bertz CT molecular complexity index is 622. The van der Waals surface area contributed by atoms with Crippen molar-refractivity contribution in [1.82, 2.24) is 0 Å². The first-order valence-electron chi connectivity index (χ1n) is 8.53. The minimum atomic E-state index is 0.528. The Morgan fingerprint density at radius 3 is 2.57 bits per heavy atom. The van der Waals surface area contributed by atoms with Crippen molar-refractivity contribution in [3.05, 3.63) is 35.9 Å². The van der Waals surface area contributed by atoms with E-state index in [9.17, 15) is 0 Å². The molecule has 0 atom stereocenters. The van der Waals surface area contributed by atoms with Gasteiger partial charge in [-0.3, -0.25) is 0 Å². The van der Waals surface area contributed by atoms with Gasteiger partial charge in [0.25, 0.3) is 0 Å². The number of alkyl halides is 1. The molecule has 0 aliphatic heterocycles. The van der Waals surface area contributed by atoms with Crippen LogP contribution in [-0.4, -0.2) is 19.1 Å². The molecular weight excluding hydrogens is 308 g/mol. The van der Waals surface area contributed by atoms with Crippen LogP contribution >= 0.6 is 11.6 Å². The molecule has 0 unspecified atom stereocenters. The van der Waals surface area contributed by atoms with Gasteiger partial charge in [0.1, 0.15) is 11.5 Å². The first kappa shape index (κ1) is 17.9. The summed E-state index contributed by atoms with van der Waals surface area (Å²) in [4.78, 5) is 0. The van der Waals surface area contributed by atoms with Crippen LogP contribution in [0.4, 0.5) is 0 Å². The van der Waals surface area contributed by atoms with Gasteiger partial charge in [-0.2, -0.15) is 0 Å². The van der Waals surface area contributed by atoms with Crippen LogP contribution in [0.2, 0.25) is 0 Å². The molecule has 0 aliphatic rings. The second kappa shape index (κ2) is 9.02. The van der Waals surface area contributed by atoms with Gasteiger partial charge in [0.05, 0.1) is 13.2 Å². The molecule has 0 spiro atoms. The van der Waals surface area contributed by atoms with E-state index in [0.29, 0.717) is 11.8 Å². The second-order valence-electron chi connectivity index (χ2n) is 6.23. The van der Waals surface area contributed by atoms with E-state index in [2.05, 4.69) is 51.1 Å². The average Bonchev–Trinajstić information content (AvgIpc) is 2.56. The van der Waals surface area contributed by atoms with E-state index >= 15 is 0 Å². The maximum absolute atomic E-state index is 5.96. The molecule has 126 valence electrons. The molecule has 0 aromatic heterocycles. The monoisotopic (exact) mass is 334 g/mol. The van der Waals surface area contributed by atoms with Gasteiger partial charge < -0.3 is 9.47 Å². The van der Waals surface area contributed by atoms with E-state index in [1.54, 1.807) is 0 Å². The summed E-state index contributed by atoms with van der Waals surface area (Å²) in [7, 11) is 0. The van der Waals surface area contributed by atoms with Gasteiger partial charge in [-0.1, -0.05) is 32.9 Å². The molecule has 0 saturated carbocycles. The minimum Gasteiger partial charge on any atom is -0.493 e. The predicted octanol–water partition coefficient (Wildman–Crippen LogP) is 5.83. The zero-order chi connectivity index (χ0) is 16.7. The second-order valence-corrected chi connectivity index (χ2v) is 6.61. The Labute approximate surface area is 144 Å². The first-order valence-corrected chi connectivity index (χ1v) is 9.06. The van der Waals surface area contributed by atoms with Crippen LogP contribution < -0.4 is 9.47 Å². The SMILES string of the molecule is CCc1c(OCCCCCl)ccc2cc(OCC(C)C)ccc12. The third-order valence-electron chi connectivity index (χ3n) is 3.78. The van der Waals surface area contributed by atoms with Crippen molar-refractivity contribution < 1.29 is 9.47 Å². The van der Waals surface area contributed by atoms with Crippen LogP contribution in [0.5, 0.6) is 11.5 Å². The summed E-state index contributed by atoms with van der Waals surface area (Å²) < 4.78 is 11.8. The van der Waals surface area contributed by atoms with Crippen LogP contribution in [-0.2, 0) is 6.42 Å². The van der Waals surface area contributed by atoms with Gasteiger partial charge in [-0.15, -0.1) is 11.6 Å². The molecule has 0 fully saturated rings. The zero-order valence-corrected chi connectivity index (χ0v) is 15.2. The summed E-state index contributed by atoms with van der Waals surface area (Å²) >= 11 is 5.71. The first-order chi connectivity index (χ1) is 11.2. The Balaban J connectivity index is 2.19. The Morgan fingerprint density at radius 2 is 1.87 bits per heavy atom. The highest BCUT2D eigenvalue weighted by Gasteiger charge is 2.09. The fourth-order valence-electron chi connectivity index (χ4n) is 2.58. The van der Waals surface area contributed by atoms with Gasteiger partial charge in [-0.25, -0.2) is 0 Å². The third-order valence-corrected chi connectivity index (χ3v) is 4.05. The number of rotatable bonds is 9. The Kier molecular flexibility index (Phi) is 7.04. The molecule has 0 saturated heterocycles. The average molecular weight is 335 g/mol. The number of fused-ring (bicyclic) bond motifs is 1. The number of aryl methyl sites for hydroxylation is 1. The lowest BCUT2D eigenvalue weighted by Crippen LogP contribution is -2.04. The highest BCUT2D eigenvalue weighted by Crippen LogP contribution is 2.31. The van der Waals surface area contributed by atoms with E-state index in [1.165, 1.54) is 16.3 Å². The minimum absolute atomic E-state index is 0.528. The fourth-order valence-corrected chi connectivity index (χ4v) is 2.77. The van der Waals surface area contributed by atoms with E-state index < -0.39 is 0 Å². The molecule has 23 heavy (non-hydrogen) atoms. The molecule has 3 heteroatoms. The molecule has 0 heterocycles. The van der Waals surface area contributed by atoms with E-state index in [1.807, 2.05) is 0 Å². The van der Waals surface area contributed by atoms with Gasteiger partial charge >= 0.3 is 0 Å². The summed E-state index contributed by atoms with van der Waals surface area (Å²) in [6.45, 7) is 7.95. The highest BCUT2D eigenvalue weighted by molar-refractivity contribution is 6.17. The van der Waals surface area contributed by atoms with Crippen molar-refractivity contribution in [2.75, 3.05) is 19.1 Å². The summed E-state index contributed by atoms with van der Waals surface area (Å²) in [5.74, 6) is 3.15. The summed E-state index contributed by atoms with van der Waals surface area (Å²) in [5, 5.41) is 2.45. The smallest absolute Gasteiger partial charge is 0.123 e. The number of benzene rings is 2. The summed E-state index contributed by atoms with van der Waals surface area (Å²) in [6.07, 6.45) is 2.94. The van der Waals surface area contributed by atoms with Crippen LogP contribution in [0, 0.1) is 5.92 Å². The van der Waals surface area contributed by atoms with Gasteiger partial charge in [-0.05, 0) is 54.2 Å². The Hall–Kier alpha value is -1.41.